The molecular weight excluding hydrogens is 188 g/mol. The summed E-state index contributed by atoms with van der Waals surface area (Å²) in [6, 6.07) is 0. The molecule has 0 unspecified atom stereocenters. The normalized spacial score (nSPS) is 12.9. The largest absolute Gasteiger partial charge is 0.425 e. The Kier molecular flexibility index (Phi) is 3.12. The van der Waals surface area contributed by atoms with Crippen molar-refractivity contribution >= 4 is 5.88 Å². The van der Waals surface area contributed by atoms with E-state index < -0.39 is 0 Å². The average Bonchev–Trinajstić information content (AvgIpc) is 2.51. The molecule has 0 atom stereocenters. The highest BCUT2D eigenvalue weighted by molar-refractivity contribution is 5.31. The van der Waals surface area contributed by atoms with E-state index in [-0.39, 0.29) is 11.0 Å². The van der Waals surface area contributed by atoms with Gasteiger partial charge in [0.15, 0.2) is 0 Å². The van der Waals surface area contributed by atoms with Crippen LogP contribution in [0.5, 0.6) is 0 Å². The predicted molar refractivity (Wildman–Crippen MR) is 63.2 cm³/mol. The van der Waals surface area contributed by atoms with Crippen molar-refractivity contribution in [3.05, 3.63) is 12.1 Å². The fourth-order valence-corrected chi connectivity index (χ4v) is 1.10. The quantitative estimate of drug-likeness (QED) is 0.828. The second-order valence-corrected chi connectivity index (χ2v) is 5.64. The zero-order valence-electron chi connectivity index (χ0n) is 10.6. The molecule has 0 aliphatic carbocycles. The summed E-state index contributed by atoms with van der Waals surface area (Å²) in [6.07, 6.45) is 2.80. The summed E-state index contributed by atoms with van der Waals surface area (Å²) in [5, 5.41) is 3.33. The molecular formula is C12H22N2O. The highest BCUT2D eigenvalue weighted by atomic mass is 16.4. The van der Waals surface area contributed by atoms with E-state index in [1.165, 1.54) is 0 Å². The van der Waals surface area contributed by atoms with Crippen molar-refractivity contribution in [2.75, 3.05) is 5.32 Å². The summed E-state index contributed by atoms with van der Waals surface area (Å²) >= 11 is 0. The molecule has 0 amide bonds. The van der Waals surface area contributed by atoms with Crippen LogP contribution in [0.15, 0.2) is 10.6 Å². The van der Waals surface area contributed by atoms with Gasteiger partial charge in [-0.3, -0.25) is 0 Å². The molecule has 1 heterocycles. The van der Waals surface area contributed by atoms with E-state index in [2.05, 4.69) is 51.8 Å². The van der Waals surface area contributed by atoms with E-state index in [1.54, 1.807) is 6.20 Å². The molecule has 3 nitrogen and oxygen atoms in total. The molecule has 1 aromatic heterocycles. The fraction of sp³-hybridized carbons (Fsp3) is 0.750. The molecule has 1 aromatic rings. The Morgan fingerprint density at radius 1 is 1.27 bits per heavy atom. The maximum atomic E-state index is 5.66. The summed E-state index contributed by atoms with van der Waals surface area (Å²) in [5.41, 5.74) is 0.0188. The van der Waals surface area contributed by atoms with Crippen molar-refractivity contribution in [1.29, 1.82) is 0 Å². The van der Waals surface area contributed by atoms with Crippen LogP contribution in [0, 0.1) is 0 Å². The van der Waals surface area contributed by atoms with Crippen molar-refractivity contribution < 1.29 is 4.42 Å². The smallest absolute Gasteiger partial charge is 0.214 e. The number of nitrogens with one attached hydrogen (secondary N) is 1. The molecule has 3 heteroatoms. The average molecular weight is 210 g/mol. The molecule has 0 bridgehead atoms. The molecule has 0 aliphatic heterocycles. The molecule has 1 N–H and O–H groups in total. The van der Waals surface area contributed by atoms with E-state index in [0.29, 0.717) is 0 Å². The van der Waals surface area contributed by atoms with E-state index >= 15 is 0 Å². The predicted octanol–water partition coefficient (Wildman–Crippen LogP) is 3.57. The third-order valence-electron chi connectivity index (χ3n) is 2.49. The second kappa shape index (κ2) is 3.87. The van der Waals surface area contributed by atoms with Crippen molar-refractivity contribution in [3.8, 4) is 0 Å². The molecule has 86 valence electrons. The third-order valence-corrected chi connectivity index (χ3v) is 2.49. The number of aromatic nitrogens is 1. The number of anilines is 1. The van der Waals surface area contributed by atoms with E-state index in [9.17, 15) is 0 Å². The minimum Gasteiger partial charge on any atom is -0.425 e. The summed E-state index contributed by atoms with van der Waals surface area (Å²) in [7, 11) is 0. The maximum Gasteiger partial charge on any atom is 0.214 e. The van der Waals surface area contributed by atoms with Crippen LogP contribution in [0.1, 0.15) is 53.9 Å². The topological polar surface area (TPSA) is 38.1 Å². The highest BCUT2D eigenvalue weighted by Gasteiger charge is 2.22. The number of hydrogen-bond acceptors (Lipinski definition) is 3. The number of rotatable bonds is 3. The van der Waals surface area contributed by atoms with Crippen LogP contribution < -0.4 is 5.32 Å². The van der Waals surface area contributed by atoms with Gasteiger partial charge in [0.25, 0.3) is 0 Å². The van der Waals surface area contributed by atoms with Gasteiger partial charge in [-0.2, -0.15) is 0 Å². The molecule has 0 fully saturated rings. The first-order chi connectivity index (χ1) is 6.74. The Morgan fingerprint density at radius 2 is 1.87 bits per heavy atom. The van der Waals surface area contributed by atoms with Crippen LogP contribution in [-0.4, -0.2) is 10.5 Å². The molecule has 15 heavy (non-hydrogen) atoms. The Labute approximate surface area is 92.3 Å². The van der Waals surface area contributed by atoms with Crippen LogP contribution in [0.2, 0.25) is 0 Å². The standard InChI is InChI=1S/C12H22N2O/c1-7-12(5,6)14-9-8-13-10(15-9)11(2,3)4/h8,14H,7H2,1-6H3. The van der Waals surface area contributed by atoms with Gasteiger partial charge in [0, 0.05) is 11.0 Å². The van der Waals surface area contributed by atoms with Crippen molar-refractivity contribution in [1.82, 2.24) is 4.98 Å². The Balaban J connectivity index is 2.78. The van der Waals surface area contributed by atoms with E-state index in [4.69, 9.17) is 4.42 Å². The van der Waals surface area contributed by atoms with Gasteiger partial charge in [-0.25, -0.2) is 4.98 Å². The van der Waals surface area contributed by atoms with E-state index in [0.717, 1.165) is 18.2 Å². The van der Waals surface area contributed by atoms with Crippen LogP contribution in [0.25, 0.3) is 0 Å². The van der Waals surface area contributed by atoms with Crippen molar-refractivity contribution in [2.24, 2.45) is 0 Å². The van der Waals surface area contributed by atoms with Crippen LogP contribution in [0.3, 0.4) is 0 Å². The zero-order chi connectivity index (χ0) is 11.7. The summed E-state index contributed by atoms with van der Waals surface area (Å²) < 4.78 is 5.66. The Hall–Kier alpha value is -0.990. The lowest BCUT2D eigenvalue weighted by Crippen LogP contribution is -2.29. The molecule has 0 aliphatic rings. The molecule has 0 radical (unpaired) electrons. The lowest BCUT2D eigenvalue weighted by atomic mass is 9.97. The maximum absolute atomic E-state index is 5.66. The van der Waals surface area contributed by atoms with Gasteiger partial charge in [0.1, 0.15) is 0 Å². The van der Waals surface area contributed by atoms with Gasteiger partial charge in [-0.1, -0.05) is 27.7 Å². The number of hydrogen-bond donors (Lipinski definition) is 1. The van der Waals surface area contributed by atoms with Crippen molar-refractivity contribution in [3.63, 3.8) is 0 Å². The molecule has 1 rings (SSSR count). The SMILES string of the molecule is CCC(C)(C)Nc1cnc(C(C)(C)C)o1. The molecule has 0 saturated heterocycles. The minimum atomic E-state index is -0.0315. The lowest BCUT2D eigenvalue weighted by Gasteiger charge is -2.23. The van der Waals surface area contributed by atoms with Gasteiger partial charge in [-0.15, -0.1) is 0 Å². The van der Waals surface area contributed by atoms with Gasteiger partial charge in [0.05, 0.1) is 6.20 Å². The van der Waals surface area contributed by atoms with Gasteiger partial charge in [-0.05, 0) is 20.3 Å². The van der Waals surface area contributed by atoms with E-state index in [1.807, 2.05) is 0 Å². The molecule has 0 aromatic carbocycles. The second-order valence-electron chi connectivity index (χ2n) is 5.64. The van der Waals surface area contributed by atoms with Gasteiger partial charge < -0.3 is 9.73 Å². The van der Waals surface area contributed by atoms with Crippen molar-refractivity contribution in [2.45, 2.75) is 58.9 Å². The van der Waals surface area contributed by atoms with Crippen LogP contribution in [-0.2, 0) is 5.41 Å². The fourth-order valence-electron chi connectivity index (χ4n) is 1.10. The lowest BCUT2D eigenvalue weighted by molar-refractivity contribution is 0.391. The first-order valence-corrected chi connectivity index (χ1v) is 5.49. The third kappa shape index (κ3) is 3.26. The number of oxazole rings is 1. The molecule has 0 spiro atoms. The molecule has 0 saturated carbocycles. The zero-order valence-corrected chi connectivity index (χ0v) is 10.6. The van der Waals surface area contributed by atoms with Crippen LogP contribution in [0.4, 0.5) is 5.88 Å². The Morgan fingerprint density at radius 3 is 2.27 bits per heavy atom. The van der Waals surface area contributed by atoms with Gasteiger partial charge >= 0.3 is 0 Å². The summed E-state index contributed by atoms with van der Waals surface area (Å²) in [4.78, 5) is 4.28. The first kappa shape index (κ1) is 12.1. The minimum absolute atomic E-state index is 0.0315. The Bertz CT molecular complexity index is 321. The van der Waals surface area contributed by atoms with Gasteiger partial charge in [0.2, 0.25) is 11.8 Å². The monoisotopic (exact) mass is 210 g/mol. The first-order valence-electron chi connectivity index (χ1n) is 5.49. The highest BCUT2D eigenvalue weighted by Crippen LogP contribution is 2.25. The van der Waals surface area contributed by atoms with Crippen LogP contribution >= 0.6 is 0 Å². The number of nitrogens with zero attached hydrogens (tertiary/aromatic N) is 1. The summed E-state index contributed by atoms with van der Waals surface area (Å²) in [6.45, 7) is 12.7. The summed E-state index contributed by atoms with van der Waals surface area (Å²) in [5.74, 6) is 1.53.